The fourth-order valence-corrected chi connectivity index (χ4v) is 2.48. The molecule has 0 saturated heterocycles. The van der Waals surface area contributed by atoms with Crippen LogP contribution in [0.1, 0.15) is 51.7 Å². The molecule has 0 radical (unpaired) electrons. The maximum atomic E-state index is 4.25. The average molecular weight is 268 g/mol. The fourth-order valence-electron chi connectivity index (χ4n) is 2.48. The molecule has 0 saturated carbocycles. The van der Waals surface area contributed by atoms with Gasteiger partial charge in [-0.1, -0.05) is 33.8 Å². The molecule has 0 unspecified atom stereocenters. The second-order valence-electron chi connectivity index (χ2n) is 6.75. The molecule has 0 spiro atoms. The van der Waals surface area contributed by atoms with Gasteiger partial charge in [-0.25, -0.2) is 0 Å². The lowest BCUT2D eigenvalue weighted by atomic mass is 9.73. The minimum Gasteiger partial charge on any atom is -0.265 e. The molecule has 106 valence electrons. The fraction of sp³-hybridized carbons (Fsp3) is 0.444. The van der Waals surface area contributed by atoms with Crippen LogP contribution in [0.3, 0.4) is 0 Å². The Bertz CT molecular complexity index is 478. The number of hydrogen-bond acceptors (Lipinski definition) is 2. The van der Waals surface area contributed by atoms with E-state index in [1.54, 1.807) is 0 Å². The molecule has 2 nitrogen and oxygen atoms in total. The van der Waals surface area contributed by atoms with Crippen molar-refractivity contribution in [2.45, 2.75) is 51.4 Å². The van der Waals surface area contributed by atoms with Crippen molar-refractivity contribution in [2.24, 2.45) is 0 Å². The maximum absolute atomic E-state index is 4.25. The predicted octanol–water partition coefficient (Wildman–Crippen LogP) is 4.51. The Morgan fingerprint density at radius 1 is 0.750 bits per heavy atom. The summed E-state index contributed by atoms with van der Waals surface area (Å²) in [5.74, 6) is 0. The maximum Gasteiger partial charge on any atom is 0.0305 e. The van der Waals surface area contributed by atoms with Crippen LogP contribution in [0.5, 0.6) is 0 Å². The smallest absolute Gasteiger partial charge is 0.0305 e. The first-order chi connectivity index (χ1) is 9.42. The van der Waals surface area contributed by atoms with E-state index < -0.39 is 0 Å². The summed E-state index contributed by atoms with van der Waals surface area (Å²) < 4.78 is 0. The summed E-state index contributed by atoms with van der Waals surface area (Å²) in [6.07, 6.45) is 9.85. The lowest BCUT2D eigenvalue weighted by molar-refractivity contribution is 0.374. The van der Waals surface area contributed by atoms with E-state index in [0.29, 0.717) is 0 Å². The summed E-state index contributed by atoms with van der Waals surface area (Å²) in [5.41, 5.74) is 2.99. The highest BCUT2D eigenvalue weighted by Crippen LogP contribution is 2.35. The number of pyridine rings is 2. The summed E-state index contributed by atoms with van der Waals surface area (Å²) in [7, 11) is 0. The third-order valence-electron chi connectivity index (χ3n) is 4.28. The van der Waals surface area contributed by atoms with E-state index in [-0.39, 0.29) is 10.8 Å². The van der Waals surface area contributed by atoms with E-state index >= 15 is 0 Å². The molecule has 2 rings (SSSR count). The van der Waals surface area contributed by atoms with Gasteiger partial charge in [0.2, 0.25) is 0 Å². The van der Waals surface area contributed by atoms with E-state index in [9.17, 15) is 0 Å². The van der Waals surface area contributed by atoms with Crippen LogP contribution >= 0.6 is 0 Å². The summed E-state index contributed by atoms with van der Waals surface area (Å²) in [5, 5.41) is 0. The van der Waals surface area contributed by atoms with Gasteiger partial charge >= 0.3 is 0 Å². The van der Waals surface area contributed by atoms with Crippen LogP contribution in [-0.4, -0.2) is 9.97 Å². The zero-order valence-electron chi connectivity index (χ0n) is 12.9. The van der Waals surface area contributed by atoms with Gasteiger partial charge in [0.15, 0.2) is 0 Å². The van der Waals surface area contributed by atoms with Crippen molar-refractivity contribution in [3.05, 3.63) is 60.2 Å². The summed E-state index contributed by atoms with van der Waals surface area (Å²) in [6, 6.07) is 8.44. The van der Waals surface area contributed by atoms with Gasteiger partial charge in [0.25, 0.3) is 0 Å². The zero-order chi connectivity index (χ0) is 14.6. The van der Waals surface area contributed by atoms with E-state index in [1.807, 2.05) is 30.9 Å². The van der Waals surface area contributed by atoms with Gasteiger partial charge in [-0.3, -0.25) is 9.97 Å². The lowest BCUT2D eigenvalue weighted by Gasteiger charge is -2.31. The highest BCUT2D eigenvalue weighted by Gasteiger charge is 2.27. The standard InChI is InChI=1S/C18H24N2/c1-17(2,15-7-12-19-13-8-15)9-10-18(3,4)16-6-5-11-20-14-16/h5-8,11-14H,9-10H2,1-4H3. The van der Waals surface area contributed by atoms with Gasteiger partial charge in [0, 0.05) is 24.8 Å². The van der Waals surface area contributed by atoms with Gasteiger partial charge in [-0.2, -0.15) is 0 Å². The molecule has 20 heavy (non-hydrogen) atoms. The normalized spacial score (nSPS) is 12.4. The van der Waals surface area contributed by atoms with Gasteiger partial charge in [-0.15, -0.1) is 0 Å². The summed E-state index contributed by atoms with van der Waals surface area (Å²) >= 11 is 0. The Morgan fingerprint density at radius 2 is 1.35 bits per heavy atom. The van der Waals surface area contributed by atoms with Crippen molar-refractivity contribution >= 4 is 0 Å². The van der Waals surface area contributed by atoms with Crippen molar-refractivity contribution < 1.29 is 0 Å². The molecule has 2 aromatic heterocycles. The van der Waals surface area contributed by atoms with Crippen LogP contribution in [0, 0.1) is 0 Å². The summed E-state index contributed by atoms with van der Waals surface area (Å²) in [6.45, 7) is 9.21. The largest absolute Gasteiger partial charge is 0.265 e. The highest BCUT2D eigenvalue weighted by atomic mass is 14.6. The van der Waals surface area contributed by atoms with E-state index in [0.717, 1.165) is 12.8 Å². The van der Waals surface area contributed by atoms with E-state index in [4.69, 9.17) is 0 Å². The number of nitrogens with zero attached hydrogens (tertiary/aromatic N) is 2. The van der Waals surface area contributed by atoms with Crippen LogP contribution in [0.25, 0.3) is 0 Å². The molecular weight excluding hydrogens is 244 g/mol. The molecular formula is C18H24N2. The molecule has 0 atom stereocenters. The molecule has 2 heterocycles. The molecule has 0 N–H and O–H groups in total. The minimum atomic E-state index is 0.151. The van der Waals surface area contributed by atoms with Crippen LogP contribution in [-0.2, 0) is 10.8 Å². The Labute approximate surface area is 122 Å². The Morgan fingerprint density at radius 3 is 1.90 bits per heavy atom. The SMILES string of the molecule is CC(C)(CCC(C)(C)c1cccnc1)c1ccncc1. The molecule has 0 aliphatic heterocycles. The third-order valence-corrected chi connectivity index (χ3v) is 4.28. The highest BCUT2D eigenvalue weighted by molar-refractivity contribution is 5.23. The molecule has 0 amide bonds. The first kappa shape index (κ1) is 14.7. The van der Waals surface area contributed by atoms with Crippen molar-refractivity contribution in [1.29, 1.82) is 0 Å². The number of aromatic nitrogens is 2. The van der Waals surface area contributed by atoms with Crippen LogP contribution in [0.4, 0.5) is 0 Å². The van der Waals surface area contributed by atoms with Crippen LogP contribution in [0.2, 0.25) is 0 Å². The van der Waals surface area contributed by atoms with Crippen LogP contribution < -0.4 is 0 Å². The molecule has 0 aromatic carbocycles. The van der Waals surface area contributed by atoms with E-state index in [2.05, 4.69) is 55.9 Å². The van der Waals surface area contributed by atoms with Crippen LogP contribution in [0.15, 0.2) is 49.1 Å². The van der Waals surface area contributed by atoms with Crippen molar-refractivity contribution in [3.63, 3.8) is 0 Å². The molecule has 0 aliphatic carbocycles. The second kappa shape index (κ2) is 5.74. The number of rotatable bonds is 5. The van der Waals surface area contributed by atoms with Gasteiger partial charge in [0.1, 0.15) is 0 Å². The molecule has 2 aromatic rings. The second-order valence-corrected chi connectivity index (χ2v) is 6.75. The third kappa shape index (κ3) is 3.44. The Balaban J connectivity index is 2.08. The first-order valence-corrected chi connectivity index (χ1v) is 7.23. The number of hydrogen-bond donors (Lipinski definition) is 0. The van der Waals surface area contributed by atoms with Gasteiger partial charge in [0.05, 0.1) is 0 Å². The van der Waals surface area contributed by atoms with E-state index in [1.165, 1.54) is 11.1 Å². The molecule has 0 fully saturated rings. The zero-order valence-corrected chi connectivity index (χ0v) is 12.9. The Hall–Kier alpha value is -1.70. The van der Waals surface area contributed by atoms with Crippen molar-refractivity contribution in [1.82, 2.24) is 9.97 Å². The lowest BCUT2D eigenvalue weighted by Crippen LogP contribution is -2.24. The summed E-state index contributed by atoms with van der Waals surface area (Å²) in [4.78, 5) is 8.35. The minimum absolute atomic E-state index is 0.151. The Kier molecular flexibility index (Phi) is 4.22. The molecule has 2 heteroatoms. The van der Waals surface area contributed by atoms with Gasteiger partial charge < -0.3 is 0 Å². The predicted molar refractivity (Wildman–Crippen MR) is 83.8 cm³/mol. The molecule has 0 bridgehead atoms. The van der Waals surface area contributed by atoms with Gasteiger partial charge in [-0.05, 0) is 53.0 Å². The quantitative estimate of drug-likeness (QED) is 0.797. The first-order valence-electron chi connectivity index (χ1n) is 7.23. The van der Waals surface area contributed by atoms with Crippen molar-refractivity contribution in [2.75, 3.05) is 0 Å². The topological polar surface area (TPSA) is 25.8 Å². The monoisotopic (exact) mass is 268 g/mol. The molecule has 0 aliphatic rings. The van der Waals surface area contributed by atoms with Crippen molar-refractivity contribution in [3.8, 4) is 0 Å². The average Bonchev–Trinajstić information content (AvgIpc) is 2.47.